The average molecular weight is 224 g/mol. The predicted octanol–water partition coefficient (Wildman–Crippen LogP) is 0.674. The van der Waals surface area contributed by atoms with Gasteiger partial charge in [-0.3, -0.25) is 4.79 Å². The number of rotatable bonds is 1. The molecule has 0 spiro atoms. The van der Waals surface area contributed by atoms with Crippen LogP contribution in [0.2, 0.25) is 0 Å². The fourth-order valence-electron chi connectivity index (χ4n) is 1.42. The van der Waals surface area contributed by atoms with Gasteiger partial charge in [0.05, 0.1) is 15.3 Å². The van der Waals surface area contributed by atoms with Crippen LogP contribution in [0.1, 0.15) is 31.8 Å². The second-order valence-electron chi connectivity index (χ2n) is 4.83. The monoisotopic (exact) mass is 224 g/mol. The third kappa shape index (κ3) is 1.81. The van der Waals surface area contributed by atoms with E-state index < -0.39 is 36.0 Å². The standard InChI is InChI=1S/C11H16BNO3/c1-10(2)11(3,4)16-12(15-10)8-6-5-7-9(14)13-8/h5-7H,1-4H3,(H,13,14)/i5D,6D,7D. The van der Waals surface area contributed by atoms with Crippen molar-refractivity contribution in [3.8, 4) is 0 Å². The Balaban J connectivity index is 2.49. The molecular formula is C11H16BNO3. The first kappa shape index (κ1) is 8.09. The van der Waals surface area contributed by atoms with Crippen molar-refractivity contribution in [1.29, 1.82) is 0 Å². The second kappa shape index (κ2) is 3.47. The lowest BCUT2D eigenvalue weighted by atomic mass is 9.84. The van der Waals surface area contributed by atoms with E-state index in [4.69, 9.17) is 13.4 Å². The summed E-state index contributed by atoms with van der Waals surface area (Å²) in [7, 11) is -0.908. The minimum atomic E-state index is -0.908. The quantitative estimate of drug-likeness (QED) is 0.713. The highest BCUT2D eigenvalue weighted by atomic mass is 16.7. The maximum absolute atomic E-state index is 11.5. The Morgan fingerprint density at radius 3 is 2.38 bits per heavy atom. The number of hydrogen-bond acceptors (Lipinski definition) is 3. The van der Waals surface area contributed by atoms with Crippen molar-refractivity contribution in [2.45, 2.75) is 38.9 Å². The summed E-state index contributed by atoms with van der Waals surface area (Å²) in [6.45, 7) is 7.43. The number of aromatic nitrogens is 1. The van der Waals surface area contributed by atoms with Crippen molar-refractivity contribution in [3.05, 3.63) is 28.5 Å². The van der Waals surface area contributed by atoms with Crippen LogP contribution in [0.15, 0.2) is 22.9 Å². The van der Waals surface area contributed by atoms with Crippen molar-refractivity contribution < 1.29 is 13.4 Å². The minimum Gasteiger partial charge on any atom is -0.398 e. The molecule has 86 valence electrons. The lowest BCUT2D eigenvalue weighted by molar-refractivity contribution is 0.00578. The van der Waals surface area contributed by atoms with Gasteiger partial charge in [0, 0.05) is 11.6 Å². The van der Waals surface area contributed by atoms with E-state index >= 15 is 0 Å². The summed E-state index contributed by atoms with van der Waals surface area (Å²) in [5.41, 5.74) is -1.82. The first-order chi connectivity index (χ1) is 8.57. The molecule has 0 aromatic carbocycles. The Kier molecular flexibility index (Phi) is 1.75. The molecule has 5 heteroatoms. The highest BCUT2D eigenvalue weighted by Gasteiger charge is 2.52. The Morgan fingerprint density at radius 2 is 1.81 bits per heavy atom. The summed E-state index contributed by atoms with van der Waals surface area (Å²) < 4.78 is 34.2. The van der Waals surface area contributed by atoms with E-state index in [9.17, 15) is 4.79 Å². The summed E-state index contributed by atoms with van der Waals surface area (Å²) in [4.78, 5) is 13.9. The lowest BCUT2D eigenvalue weighted by Crippen LogP contribution is -2.41. The smallest absolute Gasteiger partial charge is 0.398 e. The van der Waals surface area contributed by atoms with E-state index in [1.807, 2.05) is 27.7 Å². The van der Waals surface area contributed by atoms with Gasteiger partial charge < -0.3 is 14.3 Å². The topological polar surface area (TPSA) is 51.3 Å². The number of pyridine rings is 1. The summed E-state index contributed by atoms with van der Waals surface area (Å²) in [6, 6.07) is -1.19. The largest absolute Gasteiger partial charge is 0.512 e. The third-order valence-electron chi connectivity index (χ3n) is 3.11. The van der Waals surface area contributed by atoms with Crippen LogP contribution < -0.4 is 11.2 Å². The van der Waals surface area contributed by atoms with Crippen LogP contribution in [0.5, 0.6) is 0 Å². The average Bonchev–Trinajstić information content (AvgIpc) is 2.50. The maximum Gasteiger partial charge on any atom is 0.512 e. The van der Waals surface area contributed by atoms with E-state index in [0.717, 1.165) is 0 Å². The van der Waals surface area contributed by atoms with E-state index in [1.54, 1.807) is 0 Å². The third-order valence-corrected chi connectivity index (χ3v) is 3.11. The first-order valence-electron chi connectivity index (χ1n) is 6.62. The molecule has 1 aromatic rings. The van der Waals surface area contributed by atoms with Gasteiger partial charge in [0.2, 0.25) is 5.56 Å². The molecule has 16 heavy (non-hydrogen) atoms. The molecule has 1 aromatic heterocycles. The van der Waals surface area contributed by atoms with Crippen LogP contribution in [-0.4, -0.2) is 23.3 Å². The van der Waals surface area contributed by atoms with Crippen molar-refractivity contribution >= 4 is 12.7 Å². The van der Waals surface area contributed by atoms with Crippen molar-refractivity contribution in [1.82, 2.24) is 4.98 Å². The van der Waals surface area contributed by atoms with Crippen LogP contribution in [0.4, 0.5) is 0 Å². The Bertz CT molecular complexity index is 569. The van der Waals surface area contributed by atoms with Gasteiger partial charge in [0.25, 0.3) is 0 Å². The van der Waals surface area contributed by atoms with Crippen LogP contribution in [-0.2, 0) is 9.31 Å². The zero-order chi connectivity index (χ0) is 14.6. The van der Waals surface area contributed by atoms with E-state index in [0.29, 0.717) is 0 Å². The Hall–Kier alpha value is -1.07. The molecule has 0 radical (unpaired) electrons. The molecule has 0 amide bonds. The molecule has 0 unspecified atom stereocenters. The maximum atomic E-state index is 11.5. The van der Waals surface area contributed by atoms with Crippen LogP contribution in [0, 0.1) is 0 Å². The molecule has 0 atom stereocenters. The molecule has 1 saturated heterocycles. The van der Waals surface area contributed by atoms with E-state index in [-0.39, 0.29) is 11.6 Å². The van der Waals surface area contributed by atoms with E-state index in [1.165, 1.54) is 0 Å². The van der Waals surface area contributed by atoms with Gasteiger partial charge >= 0.3 is 7.12 Å². The molecule has 1 N–H and O–H groups in total. The van der Waals surface area contributed by atoms with Crippen molar-refractivity contribution in [3.63, 3.8) is 0 Å². The molecule has 1 aliphatic heterocycles. The zero-order valence-corrected chi connectivity index (χ0v) is 9.80. The Morgan fingerprint density at radius 1 is 1.25 bits per heavy atom. The summed E-state index contributed by atoms with van der Waals surface area (Å²) in [5, 5.41) is 0. The molecule has 0 saturated carbocycles. The van der Waals surface area contributed by atoms with Gasteiger partial charge in [-0.25, -0.2) is 0 Å². The van der Waals surface area contributed by atoms with Gasteiger partial charge in [0.1, 0.15) is 0 Å². The summed E-state index contributed by atoms with van der Waals surface area (Å²) >= 11 is 0. The molecular weight excluding hydrogens is 205 g/mol. The lowest BCUT2D eigenvalue weighted by Gasteiger charge is -2.32. The number of H-pyrrole nitrogens is 1. The first-order valence-corrected chi connectivity index (χ1v) is 5.12. The Labute approximate surface area is 99.3 Å². The SMILES string of the molecule is [2H]c1c(B2OC(C)(C)C(C)(C)O2)[nH]c(=O)c([2H])c1[2H]. The molecule has 4 nitrogen and oxygen atoms in total. The molecule has 0 aliphatic carbocycles. The van der Waals surface area contributed by atoms with Crippen molar-refractivity contribution in [2.75, 3.05) is 0 Å². The normalized spacial score (nSPS) is 25.0. The molecule has 2 heterocycles. The molecule has 1 aliphatic rings. The molecule has 0 bridgehead atoms. The van der Waals surface area contributed by atoms with E-state index in [2.05, 4.69) is 4.98 Å². The summed E-state index contributed by atoms with van der Waals surface area (Å²) in [6.07, 6.45) is 0. The predicted molar refractivity (Wildman–Crippen MR) is 62.8 cm³/mol. The van der Waals surface area contributed by atoms with Crippen LogP contribution >= 0.6 is 0 Å². The number of hydrogen-bond donors (Lipinski definition) is 1. The van der Waals surface area contributed by atoms with Crippen LogP contribution in [0.25, 0.3) is 0 Å². The van der Waals surface area contributed by atoms with Gasteiger partial charge in [-0.15, -0.1) is 0 Å². The van der Waals surface area contributed by atoms with Crippen molar-refractivity contribution in [2.24, 2.45) is 0 Å². The summed E-state index contributed by atoms with van der Waals surface area (Å²) in [5.74, 6) is 0. The van der Waals surface area contributed by atoms with Gasteiger partial charge in [-0.1, -0.05) is 6.04 Å². The zero-order valence-electron chi connectivity index (χ0n) is 12.8. The van der Waals surface area contributed by atoms with Gasteiger partial charge in [-0.05, 0) is 33.7 Å². The number of aromatic amines is 1. The molecule has 2 rings (SSSR count). The fraction of sp³-hybridized carbons (Fsp3) is 0.545. The highest BCUT2D eigenvalue weighted by molar-refractivity contribution is 6.61. The molecule has 1 fully saturated rings. The second-order valence-corrected chi connectivity index (χ2v) is 4.83. The minimum absolute atomic E-state index is 0.0876. The van der Waals surface area contributed by atoms with Gasteiger partial charge in [0.15, 0.2) is 0 Å². The van der Waals surface area contributed by atoms with Gasteiger partial charge in [-0.2, -0.15) is 0 Å². The number of nitrogens with one attached hydrogen (secondary N) is 1. The highest BCUT2D eigenvalue weighted by Crippen LogP contribution is 2.36. The fourth-order valence-corrected chi connectivity index (χ4v) is 1.42. The van der Waals surface area contributed by atoms with Crippen LogP contribution in [0.3, 0.4) is 0 Å².